The van der Waals surface area contributed by atoms with Crippen molar-refractivity contribution in [3.63, 3.8) is 0 Å². The molecular formula is C21H17NO7. The molecule has 2 aromatic rings. The molecule has 0 fully saturated rings. The molecule has 0 saturated carbocycles. The van der Waals surface area contributed by atoms with Gasteiger partial charge in [-0.05, 0) is 30.2 Å². The van der Waals surface area contributed by atoms with Crippen molar-refractivity contribution < 1.29 is 33.4 Å². The third-order valence-corrected chi connectivity index (χ3v) is 5.59. The first-order valence-electron chi connectivity index (χ1n) is 9.13. The summed E-state index contributed by atoms with van der Waals surface area (Å²) in [5, 5.41) is 0.449. The number of cyclic esters (lactones) is 2. The molecule has 0 radical (unpaired) electrons. The highest BCUT2D eigenvalue weighted by molar-refractivity contribution is 6.32. The molecule has 2 aromatic carbocycles. The van der Waals surface area contributed by atoms with Gasteiger partial charge in [-0.3, -0.25) is 14.5 Å². The summed E-state index contributed by atoms with van der Waals surface area (Å²) in [4.78, 5) is 64.2. The zero-order valence-corrected chi connectivity index (χ0v) is 16.0. The smallest absolute Gasteiger partial charge is 0.346 e. The Morgan fingerprint density at radius 1 is 0.931 bits per heavy atom. The van der Waals surface area contributed by atoms with E-state index < -0.39 is 35.8 Å². The first-order chi connectivity index (χ1) is 13.8. The molecule has 0 unspecified atom stereocenters. The van der Waals surface area contributed by atoms with Gasteiger partial charge in [-0.15, -0.1) is 0 Å². The number of imide groups is 1. The molecule has 2 aliphatic heterocycles. The number of ether oxygens (including phenoxy) is 2. The van der Waals surface area contributed by atoms with Crippen LogP contribution >= 0.6 is 0 Å². The van der Waals surface area contributed by atoms with E-state index in [0.717, 1.165) is 4.90 Å². The first-order valence-corrected chi connectivity index (χ1v) is 9.13. The second-order valence-electron chi connectivity index (χ2n) is 7.08. The molecule has 0 saturated heterocycles. The van der Waals surface area contributed by atoms with Gasteiger partial charge in [0.25, 0.3) is 11.8 Å². The van der Waals surface area contributed by atoms with Crippen LogP contribution in [0.4, 0.5) is 0 Å². The van der Waals surface area contributed by atoms with Crippen molar-refractivity contribution in [1.82, 2.24) is 4.90 Å². The summed E-state index contributed by atoms with van der Waals surface area (Å²) >= 11 is 0. The number of methoxy groups -OCH3 is 1. The quantitative estimate of drug-likeness (QED) is 0.444. The van der Waals surface area contributed by atoms with E-state index in [1.54, 1.807) is 6.92 Å². The summed E-state index contributed by atoms with van der Waals surface area (Å²) in [5.74, 6) is -4.03. The third kappa shape index (κ3) is 2.48. The molecule has 8 heteroatoms. The Morgan fingerprint density at radius 3 is 1.83 bits per heavy atom. The van der Waals surface area contributed by atoms with Crippen LogP contribution in [0.1, 0.15) is 61.7 Å². The fourth-order valence-corrected chi connectivity index (χ4v) is 3.93. The van der Waals surface area contributed by atoms with Gasteiger partial charge in [0, 0.05) is 21.9 Å². The standard InChI is InChI=1S/C21H17NO7/c1-4-9(2)16(21(27)28-3)22-17(23)10-5-7-12-15-13(20(26)29-19(12)25)8-6-11(14(10)15)18(22)24/h5-9,16H,4H2,1-3H3/t9-,16-/m0/s1. The number of amides is 2. The average Bonchev–Trinajstić information content (AvgIpc) is 2.72. The van der Waals surface area contributed by atoms with Gasteiger partial charge in [0.1, 0.15) is 6.04 Å². The monoisotopic (exact) mass is 395 g/mol. The van der Waals surface area contributed by atoms with Gasteiger partial charge in [-0.2, -0.15) is 0 Å². The fourth-order valence-electron chi connectivity index (χ4n) is 3.93. The number of rotatable bonds is 4. The molecule has 0 aromatic heterocycles. The molecule has 2 heterocycles. The second kappa shape index (κ2) is 6.51. The van der Waals surface area contributed by atoms with E-state index in [4.69, 9.17) is 9.47 Å². The summed E-state index contributed by atoms with van der Waals surface area (Å²) in [6.07, 6.45) is 0.539. The number of carbonyl (C=O) groups is 5. The average molecular weight is 395 g/mol. The van der Waals surface area contributed by atoms with Crippen molar-refractivity contribution in [1.29, 1.82) is 0 Å². The minimum atomic E-state index is -1.09. The SMILES string of the molecule is CC[C@H](C)[C@@H](C(=O)OC)N1C(=O)c2ccc3c4c(ccc(c24)C1=O)C(=O)OC3=O. The fraction of sp³-hybridized carbons (Fsp3) is 0.286. The molecule has 8 nitrogen and oxygen atoms in total. The van der Waals surface area contributed by atoms with Gasteiger partial charge in [0.2, 0.25) is 0 Å². The summed E-state index contributed by atoms with van der Waals surface area (Å²) in [6.45, 7) is 3.60. The number of hydrogen-bond donors (Lipinski definition) is 0. The van der Waals surface area contributed by atoms with Crippen molar-refractivity contribution >= 4 is 40.5 Å². The minimum Gasteiger partial charge on any atom is -0.467 e. The van der Waals surface area contributed by atoms with Gasteiger partial charge in [0.15, 0.2) is 0 Å². The molecule has 0 aliphatic carbocycles. The van der Waals surface area contributed by atoms with Crippen LogP contribution in [-0.4, -0.2) is 47.8 Å². The summed E-state index contributed by atoms with van der Waals surface area (Å²) < 4.78 is 9.57. The van der Waals surface area contributed by atoms with Crippen molar-refractivity contribution in [3.8, 4) is 0 Å². The largest absolute Gasteiger partial charge is 0.467 e. The van der Waals surface area contributed by atoms with Gasteiger partial charge in [-0.1, -0.05) is 20.3 Å². The number of esters is 3. The number of carbonyl (C=O) groups excluding carboxylic acids is 5. The summed E-state index contributed by atoms with van der Waals surface area (Å²) in [7, 11) is 1.20. The molecule has 4 rings (SSSR count). The third-order valence-electron chi connectivity index (χ3n) is 5.59. The van der Waals surface area contributed by atoms with Crippen molar-refractivity contribution in [2.24, 2.45) is 5.92 Å². The highest BCUT2D eigenvalue weighted by Crippen LogP contribution is 2.38. The molecule has 29 heavy (non-hydrogen) atoms. The van der Waals surface area contributed by atoms with Gasteiger partial charge < -0.3 is 9.47 Å². The number of hydrogen-bond acceptors (Lipinski definition) is 7. The van der Waals surface area contributed by atoms with E-state index in [2.05, 4.69) is 0 Å². The Morgan fingerprint density at radius 2 is 1.38 bits per heavy atom. The summed E-state index contributed by atoms with van der Waals surface area (Å²) in [6, 6.07) is 4.51. The second-order valence-corrected chi connectivity index (χ2v) is 7.08. The lowest BCUT2D eigenvalue weighted by atomic mass is 9.86. The van der Waals surface area contributed by atoms with Gasteiger partial charge in [-0.25, -0.2) is 14.4 Å². The van der Waals surface area contributed by atoms with Crippen LogP contribution < -0.4 is 0 Å². The Balaban J connectivity index is 1.99. The van der Waals surface area contributed by atoms with E-state index >= 15 is 0 Å². The van der Waals surface area contributed by atoms with Crippen LogP contribution in [0.25, 0.3) is 10.8 Å². The highest BCUT2D eigenvalue weighted by Gasteiger charge is 2.44. The molecule has 148 valence electrons. The molecule has 0 N–H and O–H groups in total. The van der Waals surface area contributed by atoms with E-state index in [1.165, 1.54) is 31.4 Å². The molecule has 2 atom stereocenters. The number of benzene rings is 2. The molecule has 0 bridgehead atoms. The Bertz CT molecular complexity index is 1060. The highest BCUT2D eigenvalue weighted by atomic mass is 16.6. The maximum absolute atomic E-state index is 13.3. The molecule has 2 aliphatic rings. The maximum Gasteiger partial charge on any atom is 0.346 e. The molecule has 2 amide bonds. The van der Waals surface area contributed by atoms with Crippen molar-refractivity contribution in [2.75, 3.05) is 7.11 Å². The van der Waals surface area contributed by atoms with Crippen LogP contribution in [0.15, 0.2) is 24.3 Å². The zero-order chi connectivity index (χ0) is 21.0. The van der Waals surface area contributed by atoms with E-state index in [0.29, 0.717) is 6.42 Å². The predicted molar refractivity (Wildman–Crippen MR) is 99.5 cm³/mol. The first kappa shape index (κ1) is 18.8. The number of nitrogens with zero attached hydrogens (tertiary/aromatic N) is 1. The lowest BCUT2D eigenvalue weighted by Gasteiger charge is -2.35. The minimum absolute atomic E-state index is 0.112. The maximum atomic E-state index is 13.3. The lowest BCUT2D eigenvalue weighted by molar-refractivity contribution is -0.147. The van der Waals surface area contributed by atoms with Gasteiger partial charge >= 0.3 is 17.9 Å². The Kier molecular flexibility index (Phi) is 4.22. The zero-order valence-electron chi connectivity index (χ0n) is 16.0. The molecule has 0 spiro atoms. The van der Waals surface area contributed by atoms with Crippen molar-refractivity contribution in [2.45, 2.75) is 26.3 Å². The summed E-state index contributed by atoms with van der Waals surface area (Å²) in [5.41, 5.74) is 0.501. The van der Waals surface area contributed by atoms with Crippen molar-refractivity contribution in [3.05, 3.63) is 46.5 Å². The van der Waals surface area contributed by atoms with E-state index in [9.17, 15) is 24.0 Å². The van der Waals surface area contributed by atoms with E-state index in [-0.39, 0.29) is 38.9 Å². The lowest BCUT2D eigenvalue weighted by Crippen LogP contribution is -2.53. The topological polar surface area (TPSA) is 107 Å². The predicted octanol–water partition coefficient (Wildman–Crippen LogP) is 2.33. The van der Waals surface area contributed by atoms with Crippen LogP contribution in [0.2, 0.25) is 0 Å². The van der Waals surface area contributed by atoms with Gasteiger partial charge in [0.05, 0.1) is 18.2 Å². The van der Waals surface area contributed by atoms with Crippen LogP contribution in [0.5, 0.6) is 0 Å². The van der Waals surface area contributed by atoms with Crippen LogP contribution in [0, 0.1) is 5.92 Å². The Labute approximate surface area is 165 Å². The normalized spacial score (nSPS) is 17.3. The van der Waals surface area contributed by atoms with Crippen LogP contribution in [0.3, 0.4) is 0 Å². The molecular weight excluding hydrogens is 378 g/mol. The van der Waals surface area contributed by atoms with E-state index in [1.807, 2.05) is 6.92 Å². The Hall–Kier alpha value is -3.55. The van der Waals surface area contributed by atoms with Crippen LogP contribution in [-0.2, 0) is 14.3 Å².